The summed E-state index contributed by atoms with van der Waals surface area (Å²) in [5.41, 5.74) is 1.49. The number of carbonyl (C=O) groups excluding carboxylic acids is 2. The lowest BCUT2D eigenvalue weighted by atomic mass is 9.88. The second kappa shape index (κ2) is 6.56. The van der Waals surface area contributed by atoms with E-state index < -0.39 is 0 Å². The Hall–Kier alpha value is -2.42. The Balaban J connectivity index is 1.61. The van der Waals surface area contributed by atoms with Gasteiger partial charge in [-0.05, 0) is 25.0 Å². The number of amides is 1. The molecule has 0 aliphatic carbocycles. The summed E-state index contributed by atoms with van der Waals surface area (Å²) in [4.78, 5) is 26.7. The fourth-order valence-electron chi connectivity index (χ4n) is 2.95. The van der Waals surface area contributed by atoms with Crippen molar-refractivity contribution < 1.29 is 9.59 Å². The monoisotopic (exact) mass is 293 g/mol. The Labute approximate surface area is 130 Å². The van der Waals surface area contributed by atoms with E-state index in [4.69, 9.17) is 0 Å². The van der Waals surface area contributed by atoms with Gasteiger partial charge in [-0.3, -0.25) is 9.59 Å². The van der Waals surface area contributed by atoms with Crippen LogP contribution in [0.3, 0.4) is 0 Å². The van der Waals surface area contributed by atoms with Gasteiger partial charge in [0, 0.05) is 30.1 Å². The topological polar surface area (TPSA) is 37.4 Å². The van der Waals surface area contributed by atoms with Crippen LogP contribution in [-0.2, 0) is 0 Å². The van der Waals surface area contributed by atoms with E-state index in [1.54, 1.807) is 0 Å². The molecule has 0 aromatic heterocycles. The lowest BCUT2D eigenvalue weighted by Crippen LogP contribution is -2.40. The lowest BCUT2D eigenvalue weighted by Gasteiger charge is -2.31. The van der Waals surface area contributed by atoms with E-state index in [0.29, 0.717) is 13.1 Å². The van der Waals surface area contributed by atoms with Crippen molar-refractivity contribution in [2.45, 2.75) is 12.8 Å². The van der Waals surface area contributed by atoms with Crippen LogP contribution in [-0.4, -0.2) is 29.7 Å². The van der Waals surface area contributed by atoms with Crippen LogP contribution in [0, 0.1) is 5.92 Å². The molecule has 1 fully saturated rings. The second-order valence-corrected chi connectivity index (χ2v) is 5.66. The van der Waals surface area contributed by atoms with Crippen LogP contribution in [0.1, 0.15) is 33.6 Å². The molecule has 1 aliphatic heterocycles. The Morgan fingerprint density at radius 2 is 1.27 bits per heavy atom. The highest BCUT2D eigenvalue weighted by molar-refractivity contribution is 5.98. The molecule has 0 unspecified atom stereocenters. The molecule has 1 heterocycles. The first-order chi connectivity index (χ1) is 10.8. The van der Waals surface area contributed by atoms with Crippen LogP contribution in [0.25, 0.3) is 0 Å². The minimum absolute atomic E-state index is 0.0298. The van der Waals surface area contributed by atoms with E-state index in [0.717, 1.165) is 24.0 Å². The molecule has 0 saturated carbocycles. The number of Topliss-reactive ketones (excluding diaryl/α,β-unsaturated/α-hetero) is 1. The van der Waals surface area contributed by atoms with E-state index in [2.05, 4.69) is 0 Å². The second-order valence-electron chi connectivity index (χ2n) is 5.66. The molecule has 0 atom stereocenters. The predicted molar refractivity (Wildman–Crippen MR) is 85.8 cm³/mol. The number of carbonyl (C=O) groups is 2. The highest BCUT2D eigenvalue weighted by Crippen LogP contribution is 2.22. The summed E-state index contributed by atoms with van der Waals surface area (Å²) in [5, 5.41) is 0. The molecule has 22 heavy (non-hydrogen) atoms. The van der Waals surface area contributed by atoms with Gasteiger partial charge in [0.2, 0.25) is 0 Å². The van der Waals surface area contributed by atoms with Gasteiger partial charge in [-0.2, -0.15) is 0 Å². The SMILES string of the molecule is O=C(c1ccccc1)C1CCN(C(=O)c2ccccc2)CC1. The predicted octanol–water partition coefficient (Wildman–Crippen LogP) is 3.42. The van der Waals surface area contributed by atoms with Crippen molar-refractivity contribution in [3.8, 4) is 0 Å². The summed E-state index contributed by atoms with van der Waals surface area (Å²) in [7, 11) is 0. The van der Waals surface area contributed by atoms with Gasteiger partial charge in [0.25, 0.3) is 5.91 Å². The summed E-state index contributed by atoms with van der Waals surface area (Å²) < 4.78 is 0. The van der Waals surface area contributed by atoms with E-state index in [-0.39, 0.29) is 17.6 Å². The van der Waals surface area contributed by atoms with Gasteiger partial charge in [-0.25, -0.2) is 0 Å². The first-order valence-electron chi connectivity index (χ1n) is 7.69. The molecule has 2 aromatic carbocycles. The molecule has 0 spiro atoms. The maximum atomic E-state index is 12.4. The smallest absolute Gasteiger partial charge is 0.253 e. The Morgan fingerprint density at radius 1 is 0.773 bits per heavy atom. The van der Waals surface area contributed by atoms with Crippen LogP contribution in [0.15, 0.2) is 60.7 Å². The first kappa shape index (κ1) is 14.5. The van der Waals surface area contributed by atoms with E-state index in [1.165, 1.54) is 0 Å². The third-order valence-electron chi connectivity index (χ3n) is 4.23. The third kappa shape index (κ3) is 3.08. The quantitative estimate of drug-likeness (QED) is 0.813. The molecule has 3 nitrogen and oxygen atoms in total. The van der Waals surface area contributed by atoms with Crippen LogP contribution in [0.5, 0.6) is 0 Å². The molecule has 3 rings (SSSR count). The number of piperidine rings is 1. The third-order valence-corrected chi connectivity index (χ3v) is 4.23. The molecule has 3 heteroatoms. The van der Waals surface area contributed by atoms with E-state index in [9.17, 15) is 9.59 Å². The normalized spacial score (nSPS) is 15.5. The lowest BCUT2D eigenvalue weighted by molar-refractivity contribution is 0.0650. The van der Waals surface area contributed by atoms with Gasteiger partial charge in [0.05, 0.1) is 0 Å². The summed E-state index contributed by atoms with van der Waals surface area (Å²) in [5.74, 6) is 0.292. The van der Waals surface area contributed by atoms with Gasteiger partial charge in [-0.15, -0.1) is 0 Å². The molecule has 0 radical (unpaired) electrons. The molecule has 112 valence electrons. The number of hydrogen-bond donors (Lipinski definition) is 0. The van der Waals surface area contributed by atoms with Crippen molar-refractivity contribution in [3.05, 3.63) is 71.8 Å². The Kier molecular flexibility index (Phi) is 4.33. The molecular formula is C19H19NO2. The first-order valence-corrected chi connectivity index (χ1v) is 7.69. The van der Waals surface area contributed by atoms with Crippen LogP contribution in [0.4, 0.5) is 0 Å². The molecular weight excluding hydrogens is 274 g/mol. The number of hydrogen-bond acceptors (Lipinski definition) is 2. The number of likely N-dealkylation sites (tertiary alicyclic amines) is 1. The molecule has 0 N–H and O–H groups in total. The fourth-order valence-corrected chi connectivity index (χ4v) is 2.95. The van der Waals surface area contributed by atoms with Crippen LogP contribution < -0.4 is 0 Å². The van der Waals surface area contributed by atoms with E-state index in [1.807, 2.05) is 65.6 Å². The average Bonchev–Trinajstić information content (AvgIpc) is 2.62. The fraction of sp³-hybridized carbons (Fsp3) is 0.263. The van der Waals surface area contributed by atoms with Crippen molar-refractivity contribution >= 4 is 11.7 Å². The number of ketones is 1. The molecule has 1 amide bonds. The summed E-state index contributed by atoms with van der Waals surface area (Å²) in [6.45, 7) is 1.30. The standard InChI is InChI=1S/C19H19NO2/c21-18(15-7-3-1-4-8-15)16-11-13-20(14-12-16)19(22)17-9-5-2-6-10-17/h1-10,16H,11-14H2. The number of nitrogens with zero attached hydrogens (tertiary/aromatic N) is 1. The van der Waals surface area contributed by atoms with E-state index >= 15 is 0 Å². The molecule has 2 aromatic rings. The van der Waals surface area contributed by atoms with Crippen molar-refractivity contribution in [1.82, 2.24) is 4.90 Å². The number of rotatable bonds is 3. The highest BCUT2D eigenvalue weighted by Gasteiger charge is 2.28. The zero-order valence-corrected chi connectivity index (χ0v) is 12.4. The average molecular weight is 293 g/mol. The minimum Gasteiger partial charge on any atom is -0.339 e. The van der Waals surface area contributed by atoms with Crippen molar-refractivity contribution in [2.24, 2.45) is 5.92 Å². The number of benzene rings is 2. The minimum atomic E-state index is 0.0298. The Bertz CT molecular complexity index is 584. The molecule has 0 bridgehead atoms. The Morgan fingerprint density at radius 3 is 1.82 bits per heavy atom. The van der Waals surface area contributed by atoms with Crippen molar-refractivity contribution in [2.75, 3.05) is 13.1 Å². The van der Waals surface area contributed by atoms with Crippen LogP contribution >= 0.6 is 0 Å². The zero-order chi connectivity index (χ0) is 15.4. The summed E-state index contributed by atoms with van der Waals surface area (Å²) in [6.07, 6.45) is 1.48. The van der Waals surface area contributed by atoms with Gasteiger partial charge in [0.1, 0.15) is 0 Å². The highest BCUT2D eigenvalue weighted by atomic mass is 16.2. The maximum absolute atomic E-state index is 12.4. The summed E-state index contributed by atoms with van der Waals surface area (Å²) in [6, 6.07) is 18.8. The van der Waals surface area contributed by atoms with Crippen molar-refractivity contribution in [3.63, 3.8) is 0 Å². The maximum Gasteiger partial charge on any atom is 0.253 e. The summed E-state index contributed by atoms with van der Waals surface area (Å²) >= 11 is 0. The molecule has 1 aliphatic rings. The van der Waals surface area contributed by atoms with Gasteiger partial charge in [0.15, 0.2) is 5.78 Å². The zero-order valence-electron chi connectivity index (χ0n) is 12.4. The van der Waals surface area contributed by atoms with Crippen molar-refractivity contribution in [1.29, 1.82) is 0 Å². The van der Waals surface area contributed by atoms with Gasteiger partial charge < -0.3 is 4.90 Å². The van der Waals surface area contributed by atoms with Gasteiger partial charge >= 0.3 is 0 Å². The largest absolute Gasteiger partial charge is 0.339 e. The van der Waals surface area contributed by atoms with Crippen LogP contribution in [0.2, 0.25) is 0 Å². The van der Waals surface area contributed by atoms with Gasteiger partial charge in [-0.1, -0.05) is 48.5 Å². The molecule has 1 saturated heterocycles.